The Labute approximate surface area is 158 Å². The monoisotopic (exact) mass is 387 g/mol. The van der Waals surface area contributed by atoms with Gasteiger partial charge in [0.2, 0.25) is 0 Å². The number of allylic oxidation sites excluding steroid dienone is 1. The second kappa shape index (κ2) is 8.27. The van der Waals surface area contributed by atoms with Crippen molar-refractivity contribution in [3.8, 4) is 11.5 Å². The van der Waals surface area contributed by atoms with E-state index in [2.05, 4.69) is 36.4 Å². The maximum Gasteiger partial charge on any atom is 0.454 e. The topological polar surface area (TPSA) is 29.1 Å². The van der Waals surface area contributed by atoms with Crippen LogP contribution < -0.4 is 5.32 Å². The predicted octanol–water partition coefficient (Wildman–Crippen LogP) is 5.50. The van der Waals surface area contributed by atoms with E-state index >= 15 is 0 Å². The molecule has 2 aromatic rings. The van der Waals surface area contributed by atoms with Gasteiger partial charge in [-0.1, -0.05) is 55.9 Å². The lowest BCUT2D eigenvalue weighted by molar-refractivity contribution is -0.165. The number of nitrogens with one attached hydrogen (secondary N) is 1. The Morgan fingerprint density at radius 1 is 1.00 bits per heavy atom. The minimum Gasteiger partial charge on any atom is -0.355 e. The number of halogens is 3. The Bertz CT molecular complexity index is 883. The van der Waals surface area contributed by atoms with Crippen LogP contribution in [0.2, 0.25) is 19.6 Å². The summed E-state index contributed by atoms with van der Waals surface area (Å²) in [5.74, 6) is 1.18. The van der Waals surface area contributed by atoms with Crippen LogP contribution in [0.3, 0.4) is 0 Å². The van der Waals surface area contributed by atoms with Gasteiger partial charge < -0.3 is 5.32 Å². The maximum atomic E-state index is 12.7. The number of alkyl halides is 3. The summed E-state index contributed by atoms with van der Waals surface area (Å²) < 4.78 is 38.1. The van der Waals surface area contributed by atoms with E-state index in [1.165, 1.54) is 0 Å². The van der Waals surface area contributed by atoms with Crippen LogP contribution in [0, 0.1) is 11.5 Å². The van der Waals surface area contributed by atoms with Gasteiger partial charge in [0.25, 0.3) is 5.78 Å². The zero-order valence-corrected chi connectivity index (χ0v) is 16.3. The Morgan fingerprint density at radius 3 is 2.11 bits per heavy atom. The Balaban J connectivity index is 2.36. The number of anilines is 1. The molecule has 140 valence electrons. The summed E-state index contributed by atoms with van der Waals surface area (Å²) >= 11 is 0. The maximum absolute atomic E-state index is 12.7. The first-order chi connectivity index (χ1) is 12.5. The first kappa shape index (κ1) is 20.5. The molecule has 0 bridgehead atoms. The van der Waals surface area contributed by atoms with E-state index in [-0.39, 0.29) is 5.70 Å². The lowest BCUT2D eigenvalue weighted by atomic mass is 10.1. The zero-order valence-electron chi connectivity index (χ0n) is 15.3. The second-order valence-corrected chi connectivity index (χ2v) is 11.7. The smallest absolute Gasteiger partial charge is 0.355 e. The molecule has 0 aliphatic carbocycles. The molecule has 0 heterocycles. The number of hydrogen-bond donors (Lipinski definition) is 1. The van der Waals surface area contributed by atoms with Gasteiger partial charge in [0.15, 0.2) is 0 Å². The van der Waals surface area contributed by atoms with Gasteiger partial charge in [0.05, 0.1) is 0 Å². The number of benzene rings is 2. The van der Waals surface area contributed by atoms with Crippen LogP contribution in [0.15, 0.2) is 60.7 Å². The highest BCUT2D eigenvalue weighted by atomic mass is 28.3. The van der Waals surface area contributed by atoms with Gasteiger partial charge in [-0.05, 0) is 29.8 Å². The van der Waals surface area contributed by atoms with E-state index in [4.69, 9.17) is 0 Å². The van der Waals surface area contributed by atoms with Crippen LogP contribution in [0.5, 0.6) is 0 Å². The first-order valence-corrected chi connectivity index (χ1v) is 11.8. The van der Waals surface area contributed by atoms with E-state index in [0.29, 0.717) is 17.3 Å². The van der Waals surface area contributed by atoms with Gasteiger partial charge in [-0.3, -0.25) is 4.79 Å². The quantitative estimate of drug-likeness (QED) is 0.426. The van der Waals surface area contributed by atoms with Gasteiger partial charge >= 0.3 is 6.18 Å². The van der Waals surface area contributed by atoms with E-state index in [1.807, 2.05) is 0 Å². The second-order valence-electron chi connectivity index (χ2n) is 6.99. The fraction of sp³-hybridized carbons (Fsp3) is 0.190. The lowest BCUT2D eigenvalue weighted by Crippen LogP contribution is -2.21. The summed E-state index contributed by atoms with van der Waals surface area (Å²) in [5, 5.41) is 2.89. The zero-order chi connectivity index (χ0) is 20.1. The van der Waals surface area contributed by atoms with Gasteiger partial charge in [-0.15, -0.1) is 5.54 Å². The average molecular weight is 387 g/mol. The van der Waals surface area contributed by atoms with E-state index in [0.717, 1.165) is 5.56 Å². The molecule has 0 spiro atoms. The third-order valence-corrected chi connectivity index (χ3v) is 4.26. The molecule has 2 aromatic carbocycles. The van der Waals surface area contributed by atoms with Crippen LogP contribution >= 0.6 is 0 Å². The number of hydrogen-bond acceptors (Lipinski definition) is 2. The minimum atomic E-state index is -4.92. The number of carbonyl (C=O) groups is 1. The highest BCUT2D eigenvalue weighted by Gasteiger charge is 2.36. The van der Waals surface area contributed by atoms with Crippen molar-refractivity contribution in [3.05, 3.63) is 71.8 Å². The molecule has 0 aliphatic heterocycles. The summed E-state index contributed by atoms with van der Waals surface area (Å²) in [4.78, 5) is 11.5. The molecule has 0 aromatic heterocycles. The van der Waals surface area contributed by atoms with E-state index in [9.17, 15) is 18.0 Å². The van der Waals surface area contributed by atoms with Crippen LogP contribution in [-0.4, -0.2) is 20.0 Å². The standard InChI is InChI=1S/C21H20F3NOSi/c1-27(2,3)14-13-16-9-11-17(12-10-16)19(15-20(26)21(22,23)24)25-18-7-5-4-6-8-18/h4-12,15,25H,1-3H3/b19-15-. The number of rotatable bonds is 4. The Morgan fingerprint density at radius 2 is 1.59 bits per heavy atom. The summed E-state index contributed by atoms with van der Waals surface area (Å²) in [6, 6.07) is 15.5. The van der Waals surface area contributed by atoms with Gasteiger partial charge in [0, 0.05) is 23.0 Å². The third-order valence-electron chi connectivity index (χ3n) is 3.39. The fourth-order valence-electron chi connectivity index (χ4n) is 2.07. The molecule has 6 heteroatoms. The third kappa shape index (κ3) is 6.80. The lowest BCUT2D eigenvalue weighted by Gasteiger charge is -2.12. The van der Waals surface area contributed by atoms with Crippen molar-refractivity contribution >= 4 is 25.2 Å². The number of ketones is 1. The van der Waals surface area contributed by atoms with Crippen LogP contribution in [-0.2, 0) is 4.79 Å². The van der Waals surface area contributed by atoms with E-state index < -0.39 is 20.0 Å². The van der Waals surface area contributed by atoms with Crippen molar-refractivity contribution in [1.29, 1.82) is 0 Å². The molecule has 0 atom stereocenters. The summed E-state index contributed by atoms with van der Waals surface area (Å²) in [6.07, 6.45) is -4.35. The summed E-state index contributed by atoms with van der Waals surface area (Å²) in [7, 11) is -1.52. The largest absolute Gasteiger partial charge is 0.454 e. The molecule has 0 saturated heterocycles. The number of carbonyl (C=O) groups excluding carboxylic acids is 1. The minimum absolute atomic E-state index is 0.0771. The van der Waals surface area contributed by atoms with Crippen molar-refractivity contribution in [3.63, 3.8) is 0 Å². The molecule has 27 heavy (non-hydrogen) atoms. The molecule has 0 aliphatic rings. The van der Waals surface area contributed by atoms with Crippen molar-refractivity contribution < 1.29 is 18.0 Å². The summed E-state index contributed by atoms with van der Waals surface area (Å²) in [6.45, 7) is 6.38. The van der Waals surface area contributed by atoms with Crippen molar-refractivity contribution in [2.45, 2.75) is 25.8 Å². The molecular weight excluding hydrogens is 367 g/mol. The summed E-state index contributed by atoms with van der Waals surface area (Å²) in [5.41, 5.74) is 5.14. The van der Waals surface area contributed by atoms with Gasteiger partial charge in [0.1, 0.15) is 8.07 Å². The Hall–Kier alpha value is -2.78. The molecule has 0 radical (unpaired) electrons. The molecule has 0 unspecified atom stereocenters. The van der Waals surface area contributed by atoms with Crippen LogP contribution in [0.1, 0.15) is 11.1 Å². The molecule has 0 fully saturated rings. The molecule has 2 rings (SSSR count). The molecular formula is C21H20F3NOSi. The van der Waals surface area contributed by atoms with Crippen molar-refractivity contribution in [2.24, 2.45) is 0 Å². The molecule has 2 nitrogen and oxygen atoms in total. The molecule has 0 amide bonds. The van der Waals surface area contributed by atoms with Gasteiger partial charge in [-0.25, -0.2) is 0 Å². The highest BCUT2D eigenvalue weighted by Crippen LogP contribution is 2.23. The predicted molar refractivity (Wildman–Crippen MR) is 106 cm³/mol. The van der Waals surface area contributed by atoms with Crippen LogP contribution in [0.25, 0.3) is 5.70 Å². The van der Waals surface area contributed by atoms with Crippen LogP contribution in [0.4, 0.5) is 18.9 Å². The highest BCUT2D eigenvalue weighted by molar-refractivity contribution is 6.83. The van der Waals surface area contributed by atoms with Crippen molar-refractivity contribution in [1.82, 2.24) is 0 Å². The number of para-hydroxylation sites is 1. The molecule has 1 N–H and O–H groups in total. The van der Waals surface area contributed by atoms with Gasteiger partial charge in [-0.2, -0.15) is 13.2 Å². The average Bonchev–Trinajstić information content (AvgIpc) is 2.59. The fourth-order valence-corrected chi connectivity index (χ4v) is 2.59. The first-order valence-electron chi connectivity index (χ1n) is 8.33. The SMILES string of the molecule is C[Si](C)(C)C#Cc1ccc(/C(=C/C(=O)C(F)(F)F)Nc2ccccc2)cc1. The van der Waals surface area contributed by atoms with E-state index in [1.54, 1.807) is 54.6 Å². The Kier molecular flexibility index (Phi) is 6.29. The molecule has 0 saturated carbocycles. The normalized spacial score (nSPS) is 12.1. The van der Waals surface area contributed by atoms with Crippen molar-refractivity contribution in [2.75, 3.05) is 5.32 Å².